The highest BCUT2D eigenvalue weighted by Crippen LogP contribution is 2.25. The molecule has 2 heterocycles. The predicted molar refractivity (Wildman–Crippen MR) is 77.8 cm³/mol. The topological polar surface area (TPSA) is 95.1 Å². The third-order valence-electron chi connectivity index (χ3n) is 2.90. The average Bonchev–Trinajstić information content (AvgIpc) is 2.95. The Bertz CT molecular complexity index is 688. The van der Waals surface area contributed by atoms with Crippen molar-refractivity contribution < 1.29 is 18.1 Å². The molecule has 0 saturated heterocycles. The van der Waals surface area contributed by atoms with E-state index in [0.717, 1.165) is 0 Å². The Kier molecular flexibility index (Phi) is 4.04. The molecule has 1 aromatic heterocycles. The normalized spacial score (nSPS) is 18.3. The number of hydrogen-bond donors (Lipinski definition) is 0. The van der Waals surface area contributed by atoms with Crippen LogP contribution in [0.4, 0.5) is 0 Å². The van der Waals surface area contributed by atoms with E-state index in [0.29, 0.717) is 5.56 Å². The molecule has 21 heavy (non-hydrogen) atoms. The molecular formula is C12H18N4O4S. The molecule has 116 valence electrons. The van der Waals surface area contributed by atoms with Gasteiger partial charge in [0.2, 0.25) is 9.84 Å². The van der Waals surface area contributed by atoms with Crippen LogP contribution in [0.15, 0.2) is 22.7 Å². The van der Waals surface area contributed by atoms with Gasteiger partial charge in [-0.15, -0.1) is 0 Å². The van der Waals surface area contributed by atoms with Crippen molar-refractivity contribution in [2.45, 2.75) is 25.9 Å². The molecule has 0 radical (unpaired) electrons. The van der Waals surface area contributed by atoms with Crippen LogP contribution < -0.4 is 0 Å². The maximum atomic E-state index is 12.4. The molecule has 2 rings (SSSR count). The summed E-state index contributed by atoms with van der Waals surface area (Å²) >= 11 is 0. The Morgan fingerprint density at radius 2 is 2.29 bits per heavy atom. The van der Waals surface area contributed by atoms with Crippen molar-refractivity contribution in [1.82, 2.24) is 9.78 Å². The van der Waals surface area contributed by atoms with Crippen LogP contribution in [0.25, 0.3) is 0 Å². The minimum absolute atomic E-state index is 0.0280. The van der Waals surface area contributed by atoms with E-state index >= 15 is 0 Å². The summed E-state index contributed by atoms with van der Waals surface area (Å²) in [6.45, 7) is 3.56. The molecule has 0 N–H and O–H groups in total. The van der Waals surface area contributed by atoms with E-state index in [4.69, 9.17) is 9.68 Å². The van der Waals surface area contributed by atoms with Gasteiger partial charge in [-0.1, -0.05) is 10.3 Å². The Labute approximate surface area is 123 Å². The molecule has 0 aliphatic carbocycles. The number of aromatic nitrogens is 2. The van der Waals surface area contributed by atoms with Crippen LogP contribution >= 0.6 is 0 Å². The van der Waals surface area contributed by atoms with Gasteiger partial charge in [0, 0.05) is 25.2 Å². The first kappa shape index (κ1) is 15.5. The van der Waals surface area contributed by atoms with E-state index < -0.39 is 15.4 Å². The molecule has 0 aromatic carbocycles. The Hall–Kier alpha value is -1.90. The maximum Gasteiger partial charge on any atom is 0.200 e. The van der Waals surface area contributed by atoms with Crippen molar-refractivity contribution in [2.75, 3.05) is 12.9 Å². The van der Waals surface area contributed by atoms with Crippen LogP contribution in [0.5, 0.6) is 0 Å². The van der Waals surface area contributed by atoms with Crippen molar-refractivity contribution in [3.05, 3.63) is 18.0 Å². The Balaban J connectivity index is 2.23. The van der Waals surface area contributed by atoms with Gasteiger partial charge in [-0.2, -0.15) is 5.10 Å². The van der Waals surface area contributed by atoms with E-state index in [-0.39, 0.29) is 22.9 Å². The SMILES string of the molecule is CON=C(CS(=O)(=O)C1=NOC(C)(C)C1)c1cnn(C)c1. The van der Waals surface area contributed by atoms with Crippen LogP contribution in [0.1, 0.15) is 25.8 Å². The van der Waals surface area contributed by atoms with Crippen molar-refractivity contribution >= 4 is 20.6 Å². The first-order chi connectivity index (χ1) is 9.73. The molecule has 0 saturated carbocycles. The Morgan fingerprint density at radius 3 is 2.76 bits per heavy atom. The van der Waals surface area contributed by atoms with E-state index in [1.54, 1.807) is 31.8 Å². The van der Waals surface area contributed by atoms with Crippen LogP contribution in [0, 0.1) is 0 Å². The lowest BCUT2D eigenvalue weighted by atomic mass is 10.1. The summed E-state index contributed by atoms with van der Waals surface area (Å²) in [6.07, 6.45) is 3.44. The van der Waals surface area contributed by atoms with Crippen LogP contribution in [0.2, 0.25) is 0 Å². The number of rotatable bonds is 4. The minimum atomic E-state index is -3.61. The van der Waals surface area contributed by atoms with Gasteiger partial charge in [-0.25, -0.2) is 8.42 Å². The maximum absolute atomic E-state index is 12.4. The van der Waals surface area contributed by atoms with E-state index in [1.807, 2.05) is 0 Å². The predicted octanol–water partition coefficient (Wildman–Crippen LogP) is 0.698. The van der Waals surface area contributed by atoms with E-state index in [9.17, 15) is 8.42 Å². The molecule has 1 aliphatic heterocycles. The second-order valence-electron chi connectivity index (χ2n) is 5.40. The zero-order valence-corrected chi connectivity index (χ0v) is 13.2. The third-order valence-corrected chi connectivity index (χ3v) is 4.49. The minimum Gasteiger partial charge on any atom is -0.399 e. The highest BCUT2D eigenvalue weighted by atomic mass is 32.2. The van der Waals surface area contributed by atoms with Gasteiger partial charge in [-0.3, -0.25) is 4.68 Å². The summed E-state index contributed by atoms with van der Waals surface area (Å²) in [5, 5.41) is 11.5. The fourth-order valence-electron chi connectivity index (χ4n) is 1.88. The first-order valence-electron chi connectivity index (χ1n) is 6.30. The second-order valence-corrected chi connectivity index (χ2v) is 7.38. The molecule has 0 unspecified atom stereocenters. The summed E-state index contributed by atoms with van der Waals surface area (Å²) in [7, 11) is -0.515. The van der Waals surface area contributed by atoms with Crippen LogP contribution in [-0.2, 0) is 26.6 Å². The van der Waals surface area contributed by atoms with Gasteiger partial charge in [-0.05, 0) is 13.8 Å². The van der Waals surface area contributed by atoms with E-state index in [2.05, 4.69) is 15.4 Å². The van der Waals surface area contributed by atoms with Gasteiger partial charge >= 0.3 is 0 Å². The van der Waals surface area contributed by atoms with Crippen molar-refractivity contribution in [2.24, 2.45) is 17.4 Å². The summed E-state index contributed by atoms with van der Waals surface area (Å²) in [4.78, 5) is 9.84. The van der Waals surface area contributed by atoms with Gasteiger partial charge in [0.15, 0.2) is 5.04 Å². The summed E-state index contributed by atoms with van der Waals surface area (Å²) in [6, 6.07) is 0. The standard InChI is InChI=1S/C12H18N4O4S/c1-12(2)5-11(15-20-12)21(17,18)8-10(14-19-4)9-6-13-16(3)7-9/h6-7H,5,8H2,1-4H3. The van der Waals surface area contributed by atoms with Gasteiger partial charge in [0.05, 0.1) is 6.20 Å². The quantitative estimate of drug-likeness (QED) is 0.602. The highest BCUT2D eigenvalue weighted by molar-refractivity contribution is 8.07. The van der Waals surface area contributed by atoms with Gasteiger partial charge in [0.1, 0.15) is 24.2 Å². The molecule has 1 aliphatic rings. The fourth-order valence-corrected chi connectivity index (χ4v) is 3.34. The molecule has 1 aromatic rings. The third kappa shape index (κ3) is 3.60. The second kappa shape index (κ2) is 5.47. The largest absolute Gasteiger partial charge is 0.399 e. The molecule has 0 spiro atoms. The number of aryl methyl sites for hydroxylation is 1. The smallest absolute Gasteiger partial charge is 0.200 e. The lowest BCUT2D eigenvalue weighted by Gasteiger charge is -2.13. The fraction of sp³-hybridized carbons (Fsp3) is 0.583. The summed E-state index contributed by atoms with van der Waals surface area (Å²) in [5.41, 5.74) is 0.259. The zero-order valence-electron chi connectivity index (χ0n) is 12.4. The molecule has 9 heteroatoms. The molecule has 0 fully saturated rings. The van der Waals surface area contributed by atoms with Crippen molar-refractivity contribution in [3.63, 3.8) is 0 Å². The van der Waals surface area contributed by atoms with Gasteiger partial charge < -0.3 is 9.68 Å². The number of hydrogen-bond acceptors (Lipinski definition) is 7. The molecule has 0 amide bonds. The lowest BCUT2D eigenvalue weighted by Crippen LogP contribution is -2.27. The van der Waals surface area contributed by atoms with Crippen molar-refractivity contribution in [3.8, 4) is 0 Å². The summed E-state index contributed by atoms with van der Waals surface area (Å²) < 4.78 is 26.4. The monoisotopic (exact) mass is 314 g/mol. The average molecular weight is 314 g/mol. The van der Waals surface area contributed by atoms with Crippen molar-refractivity contribution in [1.29, 1.82) is 0 Å². The van der Waals surface area contributed by atoms with Crippen LogP contribution in [0.3, 0.4) is 0 Å². The zero-order chi connectivity index (χ0) is 15.7. The number of nitrogens with zero attached hydrogens (tertiary/aromatic N) is 4. The van der Waals surface area contributed by atoms with Crippen LogP contribution in [-0.4, -0.2) is 47.4 Å². The van der Waals surface area contributed by atoms with Gasteiger partial charge in [0.25, 0.3) is 0 Å². The Morgan fingerprint density at radius 1 is 1.57 bits per heavy atom. The number of oxime groups is 2. The van der Waals surface area contributed by atoms with E-state index in [1.165, 1.54) is 13.3 Å². The molecular weight excluding hydrogens is 296 g/mol. The number of sulfone groups is 1. The molecule has 0 bridgehead atoms. The highest BCUT2D eigenvalue weighted by Gasteiger charge is 2.36. The lowest BCUT2D eigenvalue weighted by molar-refractivity contribution is 0.0123. The molecule has 0 atom stereocenters. The molecule has 8 nitrogen and oxygen atoms in total. The summed E-state index contributed by atoms with van der Waals surface area (Å²) in [5.74, 6) is -0.315. The first-order valence-corrected chi connectivity index (χ1v) is 7.95.